The van der Waals surface area contributed by atoms with E-state index in [1.165, 1.54) is 5.56 Å². The molecule has 1 saturated heterocycles. The largest absolute Gasteiger partial charge is 0.497 e. The molecule has 0 saturated carbocycles. The van der Waals surface area contributed by atoms with Gasteiger partial charge < -0.3 is 20.1 Å². The Morgan fingerprint density at radius 1 is 1.19 bits per heavy atom. The van der Waals surface area contributed by atoms with Crippen LogP contribution in [0.25, 0.3) is 0 Å². The van der Waals surface area contributed by atoms with Crippen molar-refractivity contribution in [3.05, 3.63) is 65.7 Å². The van der Waals surface area contributed by atoms with Gasteiger partial charge in [-0.3, -0.25) is 4.79 Å². The second-order valence-corrected chi connectivity index (χ2v) is 6.73. The maximum Gasteiger partial charge on any atom is 0.251 e. The number of ether oxygens (including phenoxy) is 2. The lowest BCUT2D eigenvalue weighted by Crippen LogP contribution is -2.39. The molecule has 3 atom stereocenters. The Morgan fingerprint density at radius 2 is 1.93 bits per heavy atom. The van der Waals surface area contributed by atoms with Crippen LogP contribution in [-0.2, 0) is 16.1 Å². The van der Waals surface area contributed by atoms with Crippen molar-refractivity contribution < 1.29 is 14.3 Å². The smallest absolute Gasteiger partial charge is 0.251 e. The molecular weight excluding hydrogens is 364 g/mol. The van der Waals surface area contributed by atoms with Crippen molar-refractivity contribution in [2.24, 2.45) is 5.73 Å². The van der Waals surface area contributed by atoms with E-state index in [-0.39, 0.29) is 30.3 Å². The minimum absolute atomic E-state index is 0. The van der Waals surface area contributed by atoms with E-state index in [4.69, 9.17) is 15.2 Å². The first-order valence-corrected chi connectivity index (χ1v) is 8.92. The fraction of sp³-hybridized carbons (Fsp3) is 0.381. The molecule has 1 amide bonds. The third-order valence-electron chi connectivity index (χ3n) is 4.89. The molecule has 1 unspecified atom stereocenters. The maximum absolute atomic E-state index is 12.7. The second-order valence-electron chi connectivity index (χ2n) is 6.73. The van der Waals surface area contributed by atoms with Crippen LogP contribution >= 0.6 is 12.4 Å². The van der Waals surface area contributed by atoms with Crippen molar-refractivity contribution >= 4 is 18.3 Å². The number of nitrogens with zero attached hydrogens (tertiary/aromatic N) is 1. The molecule has 146 valence electrons. The van der Waals surface area contributed by atoms with E-state index in [1.807, 2.05) is 47.4 Å². The zero-order valence-corrected chi connectivity index (χ0v) is 16.5. The summed E-state index contributed by atoms with van der Waals surface area (Å²) in [6, 6.07) is 17.8. The molecule has 0 aliphatic carbocycles. The lowest BCUT2D eigenvalue weighted by molar-refractivity contribution is -0.142. The number of carbonyl (C=O) groups excluding carboxylic acids is 1. The van der Waals surface area contributed by atoms with Crippen molar-refractivity contribution in [1.82, 2.24) is 4.90 Å². The summed E-state index contributed by atoms with van der Waals surface area (Å²) in [7, 11) is 1.63. The number of hydrogen-bond acceptors (Lipinski definition) is 4. The molecule has 1 aliphatic heterocycles. The molecule has 5 nitrogen and oxygen atoms in total. The zero-order valence-electron chi connectivity index (χ0n) is 15.7. The lowest BCUT2D eigenvalue weighted by atomic mass is 9.95. The van der Waals surface area contributed by atoms with Gasteiger partial charge in [0, 0.05) is 25.0 Å². The average molecular weight is 391 g/mol. The Hall–Kier alpha value is -2.08. The number of halogens is 1. The quantitative estimate of drug-likeness (QED) is 0.823. The summed E-state index contributed by atoms with van der Waals surface area (Å²) < 4.78 is 11.0. The van der Waals surface area contributed by atoms with Crippen LogP contribution in [0.3, 0.4) is 0 Å². The van der Waals surface area contributed by atoms with Gasteiger partial charge in [-0.2, -0.15) is 0 Å². The summed E-state index contributed by atoms with van der Waals surface area (Å²) in [5.74, 6) is 0.939. The predicted molar refractivity (Wildman–Crippen MR) is 108 cm³/mol. The average Bonchev–Trinajstić information content (AvgIpc) is 3.08. The van der Waals surface area contributed by atoms with Crippen LogP contribution in [0.1, 0.15) is 24.0 Å². The van der Waals surface area contributed by atoms with Gasteiger partial charge in [-0.1, -0.05) is 42.5 Å². The molecular formula is C21H27ClN2O3. The Kier molecular flexibility index (Phi) is 7.66. The number of benzene rings is 2. The normalized spacial score (nSPS) is 20.0. The van der Waals surface area contributed by atoms with Gasteiger partial charge in [0.1, 0.15) is 11.9 Å². The second kappa shape index (κ2) is 9.74. The molecule has 6 heteroatoms. The van der Waals surface area contributed by atoms with Crippen LogP contribution in [0.4, 0.5) is 0 Å². The Morgan fingerprint density at radius 3 is 2.63 bits per heavy atom. The van der Waals surface area contributed by atoms with Gasteiger partial charge in [0.15, 0.2) is 0 Å². The van der Waals surface area contributed by atoms with Gasteiger partial charge in [-0.15, -0.1) is 12.4 Å². The topological polar surface area (TPSA) is 64.8 Å². The Bertz CT molecular complexity index is 741. The zero-order chi connectivity index (χ0) is 18.5. The first-order chi connectivity index (χ1) is 12.6. The summed E-state index contributed by atoms with van der Waals surface area (Å²) >= 11 is 0. The monoisotopic (exact) mass is 390 g/mol. The van der Waals surface area contributed by atoms with E-state index >= 15 is 0 Å². The number of nitrogens with two attached hydrogens (primary N) is 1. The molecule has 0 bridgehead atoms. The van der Waals surface area contributed by atoms with Gasteiger partial charge in [-0.05, 0) is 30.2 Å². The number of amides is 1. The van der Waals surface area contributed by atoms with Crippen molar-refractivity contribution in [2.75, 3.05) is 20.2 Å². The molecule has 2 aromatic rings. The number of hydrogen-bond donors (Lipinski definition) is 1. The van der Waals surface area contributed by atoms with Crippen molar-refractivity contribution in [3.63, 3.8) is 0 Å². The van der Waals surface area contributed by atoms with Gasteiger partial charge in [0.25, 0.3) is 5.91 Å². The summed E-state index contributed by atoms with van der Waals surface area (Å²) in [4.78, 5) is 14.6. The van der Waals surface area contributed by atoms with Gasteiger partial charge >= 0.3 is 0 Å². The predicted octanol–water partition coefficient (Wildman–Crippen LogP) is 2.98. The molecule has 27 heavy (non-hydrogen) atoms. The van der Waals surface area contributed by atoms with Gasteiger partial charge in [-0.25, -0.2) is 0 Å². The van der Waals surface area contributed by atoms with Gasteiger partial charge in [0.2, 0.25) is 0 Å². The van der Waals surface area contributed by atoms with E-state index in [2.05, 4.69) is 12.1 Å². The molecule has 1 heterocycles. The number of rotatable bonds is 6. The highest BCUT2D eigenvalue weighted by atomic mass is 35.5. The van der Waals surface area contributed by atoms with Crippen molar-refractivity contribution in [2.45, 2.75) is 31.6 Å². The Labute approximate surface area is 166 Å². The maximum atomic E-state index is 12.7. The van der Waals surface area contributed by atoms with Crippen LogP contribution in [0, 0.1) is 0 Å². The van der Waals surface area contributed by atoms with Crippen molar-refractivity contribution in [1.29, 1.82) is 0 Å². The van der Waals surface area contributed by atoms with Crippen LogP contribution in [0.5, 0.6) is 5.75 Å². The summed E-state index contributed by atoms with van der Waals surface area (Å²) in [5.41, 5.74) is 8.44. The van der Waals surface area contributed by atoms with E-state index in [1.54, 1.807) is 14.0 Å². The fourth-order valence-corrected chi connectivity index (χ4v) is 3.37. The van der Waals surface area contributed by atoms with E-state index in [0.717, 1.165) is 11.3 Å². The first kappa shape index (κ1) is 21.2. The summed E-state index contributed by atoms with van der Waals surface area (Å²) in [5, 5.41) is 0. The summed E-state index contributed by atoms with van der Waals surface area (Å²) in [6.07, 6.45) is -0.511. The van der Waals surface area contributed by atoms with Crippen LogP contribution in [0.15, 0.2) is 54.6 Å². The molecule has 1 fully saturated rings. The standard InChI is InChI=1S/C21H26N2O3.ClH/c1-15(26-14-16-7-6-10-18(11-16)25-2)21(24)23-12-19(20(22)13-23)17-8-4-3-5-9-17;/h3-11,15,19-20H,12-14,22H2,1-2H3;1H/t15?,19-,20+;/m0./s1. The molecule has 1 aliphatic rings. The molecule has 3 rings (SSSR count). The highest BCUT2D eigenvalue weighted by Crippen LogP contribution is 2.27. The number of carbonyl (C=O) groups is 1. The van der Waals surface area contributed by atoms with E-state index in [9.17, 15) is 4.79 Å². The van der Waals surface area contributed by atoms with E-state index in [0.29, 0.717) is 19.7 Å². The molecule has 2 N–H and O–H groups in total. The molecule has 0 spiro atoms. The SMILES string of the molecule is COc1cccc(COC(C)C(=O)N2C[C@@H](N)[C@H](c3ccccc3)C2)c1.Cl. The minimum atomic E-state index is -0.511. The fourth-order valence-electron chi connectivity index (χ4n) is 3.37. The van der Waals surface area contributed by atoms with E-state index < -0.39 is 6.10 Å². The highest BCUT2D eigenvalue weighted by Gasteiger charge is 2.35. The first-order valence-electron chi connectivity index (χ1n) is 8.92. The molecule has 2 aromatic carbocycles. The molecule has 0 radical (unpaired) electrons. The Balaban J connectivity index is 0.00000261. The molecule has 0 aromatic heterocycles. The highest BCUT2D eigenvalue weighted by molar-refractivity contribution is 5.85. The third-order valence-corrected chi connectivity index (χ3v) is 4.89. The lowest BCUT2D eigenvalue weighted by Gasteiger charge is -2.21. The number of methoxy groups -OCH3 is 1. The van der Waals surface area contributed by atoms with Crippen LogP contribution in [0.2, 0.25) is 0 Å². The van der Waals surface area contributed by atoms with Crippen LogP contribution in [-0.4, -0.2) is 43.2 Å². The number of likely N-dealkylation sites (tertiary alicyclic amines) is 1. The van der Waals surface area contributed by atoms with Crippen molar-refractivity contribution in [3.8, 4) is 5.75 Å². The minimum Gasteiger partial charge on any atom is -0.497 e. The third kappa shape index (κ3) is 5.22. The van der Waals surface area contributed by atoms with Crippen LogP contribution < -0.4 is 10.5 Å². The summed E-state index contributed by atoms with van der Waals surface area (Å²) in [6.45, 7) is 3.36. The van der Waals surface area contributed by atoms with Gasteiger partial charge in [0.05, 0.1) is 13.7 Å².